The molecule has 1 aromatic rings. The molecule has 0 aromatic carbocycles. The fourth-order valence-corrected chi connectivity index (χ4v) is 1.26. The van der Waals surface area contributed by atoms with Gasteiger partial charge in [0.25, 0.3) is 0 Å². The van der Waals surface area contributed by atoms with E-state index in [1.165, 1.54) is 12.4 Å². The average Bonchev–Trinajstić information content (AvgIpc) is 2.24. The Morgan fingerprint density at radius 3 is 2.56 bits per heavy atom. The number of ether oxygens (including phenoxy) is 1. The number of pyridine rings is 1. The Morgan fingerprint density at radius 2 is 2.11 bits per heavy atom. The summed E-state index contributed by atoms with van der Waals surface area (Å²) in [6.45, 7) is 5.10. The maximum Gasteiger partial charge on any atom is 0.408 e. The van der Waals surface area contributed by atoms with Crippen molar-refractivity contribution in [1.29, 1.82) is 0 Å². The minimum atomic E-state index is -1.17. The number of carbonyl (C=O) groups is 2. The van der Waals surface area contributed by atoms with E-state index in [9.17, 15) is 9.59 Å². The van der Waals surface area contributed by atoms with E-state index >= 15 is 0 Å². The zero-order chi connectivity index (χ0) is 13.8. The monoisotopic (exact) mass is 252 g/mol. The highest BCUT2D eigenvalue weighted by atomic mass is 16.6. The molecule has 0 spiro atoms. The van der Waals surface area contributed by atoms with Crippen molar-refractivity contribution < 1.29 is 19.4 Å². The summed E-state index contributed by atoms with van der Waals surface area (Å²) in [5.41, 5.74) is -0.293. The standard InChI is InChI=1S/C12H16N2O4/c1-12(2,3)18-11(17)14-9(10(15)16)8-5-4-6-13-7-8/h4-7,9H,1-3H3,(H,14,17)(H,15,16)/t9-/m0/s1. The topological polar surface area (TPSA) is 88.5 Å². The number of carbonyl (C=O) groups excluding carboxylic acids is 1. The highest BCUT2D eigenvalue weighted by Crippen LogP contribution is 2.13. The molecule has 0 saturated carbocycles. The molecule has 0 saturated heterocycles. The maximum atomic E-state index is 11.5. The van der Waals surface area contributed by atoms with Crippen molar-refractivity contribution >= 4 is 12.1 Å². The van der Waals surface area contributed by atoms with E-state index in [1.54, 1.807) is 32.9 Å². The Hall–Kier alpha value is -2.11. The molecule has 2 N–H and O–H groups in total. The highest BCUT2D eigenvalue weighted by Gasteiger charge is 2.25. The van der Waals surface area contributed by atoms with Gasteiger partial charge in [-0.2, -0.15) is 0 Å². The Kier molecular flexibility index (Phi) is 4.25. The SMILES string of the molecule is CC(C)(C)OC(=O)N[C@H](C(=O)O)c1cccnc1. The van der Waals surface area contributed by atoms with E-state index in [0.717, 1.165) is 0 Å². The van der Waals surface area contributed by atoms with Gasteiger partial charge in [-0.1, -0.05) is 6.07 Å². The second kappa shape index (κ2) is 5.48. The van der Waals surface area contributed by atoms with Gasteiger partial charge in [-0.3, -0.25) is 4.98 Å². The molecule has 0 fully saturated rings. The molecular weight excluding hydrogens is 236 g/mol. The molecule has 98 valence electrons. The third-order valence-electron chi connectivity index (χ3n) is 1.93. The van der Waals surface area contributed by atoms with Gasteiger partial charge in [0.05, 0.1) is 0 Å². The molecule has 1 amide bonds. The molecular formula is C12H16N2O4. The molecule has 1 heterocycles. The summed E-state index contributed by atoms with van der Waals surface area (Å²) in [5.74, 6) is -1.17. The first-order valence-electron chi connectivity index (χ1n) is 5.42. The predicted octanol–water partition coefficient (Wildman–Crippen LogP) is 1.73. The van der Waals surface area contributed by atoms with Crippen molar-refractivity contribution in [2.45, 2.75) is 32.4 Å². The zero-order valence-corrected chi connectivity index (χ0v) is 10.5. The molecule has 0 aliphatic carbocycles. The molecule has 0 unspecified atom stereocenters. The van der Waals surface area contributed by atoms with Crippen LogP contribution < -0.4 is 5.32 Å². The van der Waals surface area contributed by atoms with Crippen molar-refractivity contribution in [1.82, 2.24) is 10.3 Å². The predicted molar refractivity (Wildman–Crippen MR) is 64.0 cm³/mol. The van der Waals surface area contributed by atoms with Gasteiger partial charge >= 0.3 is 12.1 Å². The summed E-state index contributed by atoms with van der Waals surface area (Å²) in [5, 5.41) is 11.4. The van der Waals surface area contributed by atoms with Crippen LogP contribution >= 0.6 is 0 Å². The van der Waals surface area contributed by atoms with Crippen molar-refractivity contribution in [2.75, 3.05) is 0 Å². The van der Waals surface area contributed by atoms with Gasteiger partial charge in [-0.25, -0.2) is 9.59 Å². The summed E-state index contributed by atoms with van der Waals surface area (Å²) < 4.78 is 5.01. The van der Waals surface area contributed by atoms with E-state index in [-0.39, 0.29) is 0 Å². The first-order chi connectivity index (χ1) is 8.29. The van der Waals surface area contributed by atoms with E-state index in [1.807, 2.05) is 0 Å². The van der Waals surface area contributed by atoms with Crippen LogP contribution in [0.3, 0.4) is 0 Å². The van der Waals surface area contributed by atoms with E-state index in [4.69, 9.17) is 9.84 Å². The zero-order valence-electron chi connectivity index (χ0n) is 10.5. The number of amides is 1. The first kappa shape index (κ1) is 14.0. The normalized spacial score (nSPS) is 12.6. The van der Waals surface area contributed by atoms with Crippen molar-refractivity contribution in [3.05, 3.63) is 30.1 Å². The van der Waals surface area contributed by atoms with Crippen molar-refractivity contribution in [3.8, 4) is 0 Å². The van der Waals surface area contributed by atoms with Gasteiger partial charge in [0, 0.05) is 18.0 Å². The molecule has 0 radical (unpaired) electrons. The van der Waals surface area contributed by atoms with Crippen LogP contribution in [0.2, 0.25) is 0 Å². The van der Waals surface area contributed by atoms with E-state index in [0.29, 0.717) is 5.56 Å². The van der Waals surface area contributed by atoms with Crippen molar-refractivity contribution in [3.63, 3.8) is 0 Å². The van der Waals surface area contributed by atoms with Crippen LogP contribution in [-0.4, -0.2) is 27.8 Å². The first-order valence-corrected chi connectivity index (χ1v) is 5.42. The summed E-state index contributed by atoms with van der Waals surface area (Å²) >= 11 is 0. The second-order valence-corrected chi connectivity index (χ2v) is 4.70. The number of carboxylic acids is 1. The van der Waals surface area contributed by atoms with Crippen molar-refractivity contribution in [2.24, 2.45) is 0 Å². The third kappa shape index (κ3) is 4.40. The van der Waals surface area contributed by atoms with Gasteiger partial charge in [0.2, 0.25) is 0 Å². The number of aliphatic carboxylic acids is 1. The van der Waals surface area contributed by atoms with Gasteiger partial charge in [0.1, 0.15) is 5.60 Å². The number of nitrogens with one attached hydrogen (secondary N) is 1. The van der Waals surface area contributed by atoms with Crippen LogP contribution in [0.4, 0.5) is 4.79 Å². The number of hydrogen-bond acceptors (Lipinski definition) is 4. The van der Waals surface area contributed by atoms with Crippen LogP contribution in [0.5, 0.6) is 0 Å². The highest BCUT2D eigenvalue weighted by molar-refractivity contribution is 5.81. The quantitative estimate of drug-likeness (QED) is 0.855. The number of rotatable bonds is 3. The lowest BCUT2D eigenvalue weighted by atomic mass is 10.1. The van der Waals surface area contributed by atoms with E-state index < -0.39 is 23.7 Å². The van der Waals surface area contributed by atoms with Gasteiger partial charge in [0.15, 0.2) is 6.04 Å². The fourth-order valence-electron chi connectivity index (χ4n) is 1.26. The fraction of sp³-hybridized carbons (Fsp3) is 0.417. The molecule has 6 heteroatoms. The molecule has 0 aliphatic rings. The molecule has 0 aliphatic heterocycles. The number of carboxylic acid groups (broad SMARTS) is 1. The summed E-state index contributed by atoms with van der Waals surface area (Å²) in [6, 6.07) is 2.00. The molecule has 1 aromatic heterocycles. The average molecular weight is 252 g/mol. The lowest BCUT2D eigenvalue weighted by Gasteiger charge is -2.22. The molecule has 6 nitrogen and oxygen atoms in total. The van der Waals surface area contributed by atoms with E-state index in [2.05, 4.69) is 10.3 Å². The smallest absolute Gasteiger partial charge is 0.408 e. The van der Waals surface area contributed by atoms with Gasteiger partial charge < -0.3 is 15.2 Å². The molecule has 18 heavy (non-hydrogen) atoms. The van der Waals surface area contributed by atoms with Gasteiger partial charge in [-0.05, 0) is 26.8 Å². The van der Waals surface area contributed by atoms with Gasteiger partial charge in [-0.15, -0.1) is 0 Å². The van der Waals surface area contributed by atoms with Crippen LogP contribution in [0, 0.1) is 0 Å². The Balaban J connectivity index is 2.77. The lowest BCUT2D eigenvalue weighted by molar-refractivity contribution is -0.139. The van der Waals surface area contributed by atoms with Crippen LogP contribution in [0.25, 0.3) is 0 Å². The largest absolute Gasteiger partial charge is 0.479 e. The second-order valence-electron chi connectivity index (χ2n) is 4.70. The Bertz CT molecular complexity index is 425. The number of aromatic nitrogens is 1. The molecule has 1 rings (SSSR count). The minimum Gasteiger partial charge on any atom is -0.479 e. The number of nitrogens with zero attached hydrogens (tertiary/aromatic N) is 1. The van der Waals surface area contributed by atoms with Crippen LogP contribution in [-0.2, 0) is 9.53 Å². The van der Waals surface area contributed by atoms with Crippen LogP contribution in [0.1, 0.15) is 32.4 Å². The number of hydrogen-bond donors (Lipinski definition) is 2. The molecule has 1 atom stereocenters. The maximum absolute atomic E-state index is 11.5. The minimum absolute atomic E-state index is 0.385. The summed E-state index contributed by atoms with van der Waals surface area (Å²) in [7, 11) is 0. The Morgan fingerprint density at radius 1 is 1.44 bits per heavy atom. The summed E-state index contributed by atoms with van der Waals surface area (Å²) in [6.07, 6.45) is 2.13. The number of alkyl carbamates (subject to hydrolysis) is 1. The lowest BCUT2D eigenvalue weighted by Crippen LogP contribution is -2.38. The Labute approximate surface area is 105 Å². The summed E-state index contributed by atoms with van der Waals surface area (Å²) in [4.78, 5) is 26.4. The van der Waals surface area contributed by atoms with Crippen LogP contribution in [0.15, 0.2) is 24.5 Å². The third-order valence-corrected chi connectivity index (χ3v) is 1.93. The molecule has 0 bridgehead atoms.